The van der Waals surface area contributed by atoms with Crippen LogP contribution in [0.4, 0.5) is 0 Å². The lowest BCUT2D eigenvalue weighted by molar-refractivity contribution is 0.518. The maximum Gasteiger partial charge on any atom is 0.108 e. The fourth-order valence-electron chi connectivity index (χ4n) is 1.46. The molecule has 0 aliphatic heterocycles. The van der Waals surface area contributed by atoms with Gasteiger partial charge in [-0.15, -0.1) is 0 Å². The quantitative estimate of drug-likeness (QED) is 0.518. The Bertz CT molecular complexity index is 405. The molecule has 1 nitrogen and oxygen atoms in total. The number of rotatable bonds is 5. The number of hydrogen-bond acceptors (Lipinski definition) is 1. The van der Waals surface area contributed by atoms with Gasteiger partial charge in [0, 0.05) is 6.42 Å². The van der Waals surface area contributed by atoms with Gasteiger partial charge < -0.3 is 4.42 Å². The van der Waals surface area contributed by atoms with E-state index < -0.39 is 0 Å². The molecule has 0 aliphatic rings. The monoisotopic (exact) mass is 216 g/mol. The van der Waals surface area contributed by atoms with Crippen molar-refractivity contribution >= 4 is 0 Å². The first kappa shape index (κ1) is 12.6. The van der Waals surface area contributed by atoms with Gasteiger partial charge in [-0.3, -0.25) is 0 Å². The molecule has 1 aromatic heterocycles. The van der Waals surface area contributed by atoms with Crippen molar-refractivity contribution in [2.45, 2.75) is 33.6 Å². The third-order valence-electron chi connectivity index (χ3n) is 2.47. The molecule has 0 saturated carbocycles. The van der Waals surface area contributed by atoms with Crippen LogP contribution in [0.5, 0.6) is 0 Å². The lowest BCUT2D eigenvalue weighted by Gasteiger charge is -1.97. The van der Waals surface area contributed by atoms with Gasteiger partial charge in [0.25, 0.3) is 0 Å². The van der Waals surface area contributed by atoms with Crippen LogP contribution >= 0.6 is 0 Å². The largest absolute Gasteiger partial charge is 0.469 e. The van der Waals surface area contributed by atoms with Gasteiger partial charge in [-0.1, -0.05) is 36.0 Å². The average molecular weight is 216 g/mol. The molecule has 1 rings (SSSR count). The van der Waals surface area contributed by atoms with Gasteiger partial charge >= 0.3 is 0 Å². The second-order valence-corrected chi connectivity index (χ2v) is 4.21. The molecule has 0 N–H and O–H groups in total. The molecule has 0 bridgehead atoms. The Kier molecular flexibility index (Phi) is 4.84. The molecule has 0 unspecified atom stereocenters. The highest BCUT2D eigenvalue weighted by atomic mass is 16.3. The first-order valence-corrected chi connectivity index (χ1v) is 5.60. The molecule has 1 aromatic rings. The summed E-state index contributed by atoms with van der Waals surface area (Å²) in [6, 6.07) is 2.09. The van der Waals surface area contributed by atoms with E-state index in [1.165, 1.54) is 16.7 Å². The van der Waals surface area contributed by atoms with Crippen LogP contribution in [0.3, 0.4) is 0 Å². The van der Waals surface area contributed by atoms with Gasteiger partial charge in [0.05, 0.1) is 6.26 Å². The van der Waals surface area contributed by atoms with Gasteiger partial charge in [-0.25, -0.2) is 0 Å². The predicted octanol–water partition coefficient (Wildman–Crippen LogP) is 4.60. The summed E-state index contributed by atoms with van der Waals surface area (Å²) in [5.41, 5.74) is 3.74. The number of furan rings is 1. The first-order valence-electron chi connectivity index (χ1n) is 5.60. The predicted molar refractivity (Wildman–Crippen MR) is 69.5 cm³/mol. The maximum atomic E-state index is 5.41. The molecule has 16 heavy (non-hydrogen) atoms. The summed E-state index contributed by atoms with van der Waals surface area (Å²) in [7, 11) is 0. The van der Waals surface area contributed by atoms with Crippen molar-refractivity contribution in [2.24, 2.45) is 0 Å². The fraction of sp³-hybridized carbons (Fsp3) is 0.333. The zero-order valence-electron chi connectivity index (χ0n) is 10.4. The van der Waals surface area contributed by atoms with Crippen LogP contribution in [0.25, 0.3) is 0 Å². The third kappa shape index (κ3) is 4.35. The Morgan fingerprint density at radius 3 is 2.69 bits per heavy atom. The van der Waals surface area contributed by atoms with E-state index in [1.54, 1.807) is 6.26 Å². The molecule has 1 heterocycles. The normalized spacial score (nSPS) is 12.9. The molecule has 0 aromatic carbocycles. The summed E-state index contributed by atoms with van der Waals surface area (Å²) in [4.78, 5) is 0. The molecule has 0 atom stereocenters. The first-order chi connectivity index (χ1) is 7.61. The zero-order chi connectivity index (χ0) is 12.0. The Labute approximate surface area is 98.2 Å². The van der Waals surface area contributed by atoms with Gasteiger partial charge in [0.15, 0.2) is 0 Å². The number of hydrogen-bond donors (Lipinski definition) is 0. The number of aryl methyl sites for hydroxylation is 1. The topological polar surface area (TPSA) is 13.1 Å². The third-order valence-corrected chi connectivity index (χ3v) is 2.47. The lowest BCUT2D eigenvalue weighted by Crippen LogP contribution is -1.83. The van der Waals surface area contributed by atoms with E-state index in [0.29, 0.717) is 0 Å². The van der Waals surface area contributed by atoms with Crippen molar-refractivity contribution in [2.75, 3.05) is 0 Å². The molecule has 0 fully saturated rings. The van der Waals surface area contributed by atoms with E-state index in [2.05, 4.69) is 38.6 Å². The van der Waals surface area contributed by atoms with Crippen LogP contribution in [0.1, 0.15) is 31.6 Å². The highest BCUT2D eigenvalue weighted by Crippen LogP contribution is 2.12. The Morgan fingerprint density at radius 1 is 1.38 bits per heavy atom. The van der Waals surface area contributed by atoms with Gasteiger partial charge in [-0.2, -0.15) is 0 Å². The SMILES string of the molecule is C=CC(C)=CCC=C(C)Cc1cc(C)co1. The standard InChI is InChI=1S/C15H20O/c1-5-12(2)7-6-8-13(3)9-15-10-14(4)11-16-15/h5,7-8,10-11H,1,6,9H2,2-4H3. The van der Waals surface area contributed by atoms with E-state index in [4.69, 9.17) is 4.42 Å². The molecular formula is C15H20O. The van der Waals surface area contributed by atoms with Gasteiger partial charge in [-0.05, 0) is 38.8 Å². The van der Waals surface area contributed by atoms with Crippen LogP contribution in [-0.2, 0) is 6.42 Å². The van der Waals surface area contributed by atoms with Crippen LogP contribution in [0.2, 0.25) is 0 Å². The maximum absolute atomic E-state index is 5.41. The van der Waals surface area contributed by atoms with Crippen molar-refractivity contribution in [1.29, 1.82) is 0 Å². The van der Waals surface area contributed by atoms with Crippen molar-refractivity contribution in [3.05, 3.63) is 59.6 Å². The second kappa shape index (κ2) is 6.16. The molecule has 0 saturated heterocycles. The summed E-state index contributed by atoms with van der Waals surface area (Å²) in [5, 5.41) is 0. The minimum absolute atomic E-state index is 0.898. The highest BCUT2D eigenvalue weighted by Gasteiger charge is 1.98. The van der Waals surface area contributed by atoms with Crippen LogP contribution in [0, 0.1) is 6.92 Å². The molecule has 0 spiro atoms. The van der Waals surface area contributed by atoms with E-state index in [1.807, 2.05) is 13.0 Å². The van der Waals surface area contributed by atoms with E-state index in [9.17, 15) is 0 Å². The van der Waals surface area contributed by atoms with E-state index >= 15 is 0 Å². The molecule has 0 aliphatic carbocycles. The molecule has 0 radical (unpaired) electrons. The highest BCUT2D eigenvalue weighted by molar-refractivity contribution is 5.19. The lowest BCUT2D eigenvalue weighted by atomic mass is 10.1. The average Bonchev–Trinajstić information content (AvgIpc) is 2.63. The van der Waals surface area contributed by atoms with Crippen molar-refractivity contribution in [3.8, 4) is 0 Å². The minimum Gasteiger partial charge on any atom is -0.469 e. The van der Waals surface area contributed by atoms with Gasteiger partial charge in [0.1, 0.15) is 5.76 Å². The molecule has 86 valence electrons. The summed E-state index contributed by atoms with van der Waals surface area (Å²) in [5.74, 6) is 1.04. The molecular weight excluding hydrogens is 196 g/mol. The van der Waals surface area contributed by atoms with Crippen LogP contribution in [0.15, 0.2) is 52.7 Å². The number of allylic oxidation sites excluding steroid dienone is 5. The van der Waals surface area contributed by atoms with E-state index in [-0.39, 0.29) is 0 Å². The Balaban J connectivity index is 2.49. The summed E-state index contributed by atoms with van der Waals surface area (Å²) >= 11 is 0. The molecule has 0 amide bonds. The fourth-order valence-corrected chi connectivity index (χ4v) is 1.46. The van der Waals surface area contributed by atoms with Crippen LogP contribution < -0.4 is 0 Å². The Morgan fingerprint density at radius 2 is 2.12 bits per heavy atom. The van der Waals surface area contributed by atoms with Crippen molar-refractivity contribution in [1.82, 2.24) is 0 Å². The van der Waals surface area contributed by atoms with Crippen molar-refractivity contribution in [3.63, 3.8) is 0 Å². The van der Waals surface area contributed by atoms with E-state index in [0.717, 1.165) is 18.6 Å². The minimum atomic E-state index is 0.898. The summed E-state index contributed by atoms with van der Waals surface area (Å²) in [6.07, 6.45) is 9.93. The zero-order valence-corrected chi connectivity index (χ0v) is 10.4. The Hall–Kier alpha value is -1.50. The second-order valence-electron chi connectivity index (χ2n) is 4.21. The van der Waals surface area contributed by atoms with Gasteiger partial charge in [0.2, 0.25) is 0 Å². The summed E-state index contributed by atoms with van der Waals surface area (Å²) in [6.45, 7) is 9.96. The van der Waals surface area contributed by atoms with Crippen LogP contribution in [-0.4, -0.2) is 0 Å². The van der Waals surface area contributed by atoms with Crippen molar-refractivity contribution < 1.29 is 4.42 Å². The molecule has 1 heteroatoms. The summed E-state index contributed by atoms with van der Waals surface area (Å²) < 4.78 is 5.41. The smallest absolute Gasteiger partial charge is 0.108 e.